The van der Waals surface area contributed by atoms with Gasteiger partial charge < -0.3 is 4.57 Å². The Morgan fingerprint density at radius 1 is 1.24 bits per heavy atom. The molecule has 0 N–H and O–H groups in total. The Kier molecular flexibility index (Phi) is 3.77. The van der Waals surface area contributed by atoms with E-state index in [4.69, 9.17) is 11.6 Å². The summed E-state index contributed by atoms with van der Waals surface area (Å²) in [5.41, 5.74) is 1.96. The fourth-order valence-electron chi connectivity index (χ4n) is 3.00. The van der Waals surface area contributed by atoms with Crippen molar-refractivity contribution < 1.29 is 0 Å². The topological polar surface area (TPSA) is 65.1 Å². The fraction of sp³-hybridized carbons (Fsp3) is 0.222. The molecule has 0 unspecified atom stereocenters. The first-order valence-electron chi connectivity index (χ1n) is 8.03. The number of rotatable bonds is 3. The van der Waals surface area contributed by atoms with Crippen LogP contribution in [0.25, 0.3) is 27.9 Å². The van der Waals surface area contributed by atoms with Crippen molar-refractivity contribution in [3.05, 3.63) is 58.2 Å². The number of aromatic nitrogens is 5. The molecule has 4 aromatic rings. The Balaban J connectivity index is 2.15. The standard InChI is InChI=1S/C18H16ClN5O/c1-11(2)9-23-7-6-14-15(17(23)25)16(12-4-3-5-13(19)8-12)24-18(22-14)20-10-21-24/h3-8,10-11H,9H2,1-2H3. The van der Waals surface area contributed by atoms with Gasteiger partial charge in [-0.2, -0.15) is 14.6 Å². The zero-order valence-corrected chi connectivity index (χ0v) is 14.6. The molecule has 126 valence electrons. The van der Waals surface area contributed by atoms with Crippen molar-refractivity contribution in [3.63, 3.8) is 0 Å². The van der Waals surface area contributed by atoms with Crippen LogP contribution in [-0.4, -0.2) is 24.1 Å². The van der Waals surface area contributed by atoms with E-state index >= 15 is 0 Å². The van der Waals surface area contributed by atoms with E-state index in [2.05, 4.69) is 28.9 Å². The molecule has 25 heavy (non-hydrogen) atoms. The van der Waals surface area contributed by atoms with Crippen LogP contribution >= 0.6 is 11.6 Å². The summed E-state index contributed by atoms with van der Waals surface area (Å²) in [6.45, 7) is 4.79. The molecule has 0 amide bonds. The van der Waals surface area contributed by atoms with Crippen LogP contribution < -0.4 is 5.56 Å². The van der Waals surface area contributed by atoms with Crippen LogP contribution in [0.5, 0.6) is 0 Å². The molecule has 0 saturated heterocycles. The largest absolute Gasteiger partial charge is 0.315 e. The Hall–Kier alpha value is -2.73. The molecule has 4 rings (SSSR count). The molecule has 1 aromatic carbocycles. The lowest BCUT2D eigenvalue weighted by Gasteiger charge is -2.13. The lowest BCUT2D eigenvalue weighted by molar-refractivity contribution is 0.513. The van der Waals surface area contributed by atoms with Gasteiger partial charge in [0.05, 0.1) is 16.6 Å². The van der Waals surface area contributed by atoms with Crippen LogP contribution in [0.3, 0.4) is 0 Å². The van der Waals surface area contributed by atoms with Gasteiger partial charge in [-0.1, -0.05) is 37.6 Å². The molecule has 0 saturated carbocycles. The minimum absolute atomic E-state index is 0.0916. The lowest BCUT2D eigenvalue weighted by Crippen LogP contribution is -2.23. The molecular formula is C18H16ClN5O. The molecule has 6 nitrogen and oxygen atoms in total. The number of benzene rings is 1. The molecule has 0 fully saturated rings. The van der Waals surface area contributed by atoms with Crippen molar-refractivity contribution in [1.29, 1.82) is 0 Å². The molecule has 0 atom stereocenters. The monoisotopic (exact) mass is 353 g/mol. The van der Waals surface area contributed by atoms with Crippen molar-refractivity contribution in [2.45, 2.75) is 20.4 Å². The van der Waals surface area contributed by atoms with Crippen LogP contribution in [0.15, 0.2) is 47.7 Å². The minimum Gasteiger partial charge on any atom is -0.315 e. The van der Waals surface area contributed by atoms with E-state index in [0.29, 0.717) is 39.9 Å². The highest BCUT2D eigenvalue weighted by molar-refractivity contribution is 6.30. The third-order valence-corrected chi connectivity index (χ3v) is 4.24. The zero-order valence-electron chi connectivity index (χ0n) is 13.8. The smallest absolute Gasteiger partial charge is 0.262 e. The van der Waals surface area contributed by atoms with Crippen molar-refractivity contribution in [1.82, 2.24) is 24.1 Å². The fourth-order valence-corrected chi connectivity index (χ4v) is 3.19. The first-order valence-corrected chi connectivity index (χ1v) is 8.41. The van der Waals surface area contributed by atoms with E-state index in [0.717, 1.165) is 5.56 Å². The Labute approximate surface area is 148 Å². The summed E-state index contributed by atoms with van der Waals surface area (Å²) in [6.07, 6.45) is 3.22. The number of hydrogen-bond acceptors (Lipinski definition) is 4. The second kappa shape index (κ2) is 5.97. The van der Waals surface area contributed by atoms with Crippen molar-refractivity contribution in [2.75, 3.05) is 0 Å². The van der Waals surface area contributed by atoms with E-state index in [1.165, 1.54) is 6.33 Å². The van der Waals surface area contributed by atoms with Crippen LogP contribution in [-0.2, 0) is 6.54 Å². The van der Waals surface area contributed by atoms with Crippen LogP contribution in [0.4, 0.5) is 0 Å². The third kappa shape index (κ3) is 2.68. The zero-order chi connectivity index (χ0) is 17.6. The van der Waals surface area contributed by atoms with E-state index < -0.39 is 0 Å². The number of nitrogens with zero attached hydrogens (tertiary/aromatic N) is 5. The van der Waals surface area contributed by atoms with E-state index in [9.17, 15) is 4.79 Å². The second-order valence-corrected chi connectivity index (χ2v) is 6.81. The Bertz CT molecular complexity index is 1150. The SMILES string of the molecule is CC(C)Cn1ccc2nc3ncnn3c(-c3cccc(Cl)c3)c2c1=O. The molecule has 0 radical (unpaired) electrons. The van der Waals surface area contributed by atoms with E-state index in [1.54, 1.807) is 21.3 Å². The summed E-state index contributed by atoms with van der Waals surface area (Å²) in [7, 11) is 0. The predicted molar refractivity (Wildman–Crippen MR) is 97.8 cm³/mol. The summed E-state index contributed by atoms with van der Waals surface area (Å²) in [6, 6.07) is 9.21. The number of fused-ring (bicyclic) bond motifs is 2. The molecule has 3 heterocycles. The van der Waals surface area contributed by atoms with Gasteiger partial charge in [0.15, 0.2) is 0 Å². The van der Waals surface area contributed by atoms with Gasteiger partial charge in [-0.15, -0.1) is 0 Å². The van der Waals surface area contributed by atoms with Gasteiger partial charge in [0.1, 0.15) is 6.33 Å². The Morgan fingerprint density at radius 2 is 2.08 bits per heavy atom. The first kappa shape index (κ1) is 15.8. The van der Waals surface area contributed by atoms with Crippen molar-refractivity contribution in [2.24, 2.45) is 5.92 Å². The maximum atomic E-state index is 13.1. The van der Waals surface area contributed by atoms with Gasteiger partial charge in [0.25, 0.3) is 11.3 Å². The molecule has 0 spiro atoms. The minimum atomic E-state index is -0.0916. The van der Waals surface area contributed by atoms with Gasteiger partial charge in [-0.25, -0.2) is 4.98 Å². The number of hydrogen-bond donors (Lipinski definition) is 0. The highest BCUT2D eigenvalue weighted by Crippen LogP contribution is 2.27. The van der Waals surface area contributed by atoms with Gasteiger partial charge in [0, 0.05) is 23.3 Å². The summed E-state index contributed by atoms with van der Waals surface area (Å²) < 4.78 is 3.31. The highest BCUT2D eigenvalue weighted by Gasteiger charge is 2.17. The van der Waals surface area contributed by atoms with Crippen molar-refractivity contribution in [3.8, 4) is 11.3 Å². The van der Waals surface area contributed by atoms with Gasteiger partial charge in [-0.05, 0) is 24.1 Å². The van der Waals surface area contributed by atoms with Crippen LogP contribution in [0, 0.1) is 5.92 Å². The maximum absolute atomic E-state index is 13.1. The average molecular weight is 354 g/mol. The Morgan fingerprint density at radius 3 is 2.84 bits per heavy atom. The predicted octanol–water partition coefficient (Wildman–Crippen LogP) is 3.42. The quantitative estimate of drug-likeness (QED) is 0.566. The molecule has 0 aliphatic heterocycles. The molecule has 3 aromatic heterocycles. The number of halogens is 1. The molecule has 0 aliphatic carbocycles. The molecular weight excluding hydrogens is 338 g/mol. The summed E-state index contributed by atoms with van der Waals surface area (Å²) in [5.74, 6) is 0.802. The highest BCUT2D eigenvalue weighted by atomic mass is 35.5. The van der Waals surface area contributed by atoms with Gasteiger partial charge in [-0.3, -0.25) is 4.79 Å². The van der Waals surface area contributed by atoms with Gasteiger partial charge >= 0.3 is 0 Å². The summed E-state index contributed by atoms with van der Waals surface area (Å²) in [4.78, 5) is 21.8. The van der Waals surface area contributed by atoms with Crippen LogP contribution in [0.2, 0.25) is 5.02 Å². The summed E-state index contributed by atoms with van der Waals surface area (Å²) >= 11 is 6.17. The summed E-state index contributed by atoms with van der Waals surface area (Å²) in [5, 5.41) is 5.37. The average Bonchev–Trinajstić information content (AvgIpc) is 3.03. The van der Waals surface area contributed by atoms with Crippen molar-refractivity contribution >= 4 is 28.3 Å². The number of pyridine rings is 1. The van der Waals surface area contributed by atoms with Gasteiger partial charge in [0.2, 0.25) is 0 Å². The second-order valence-electron chi connectivity index (χ2n) is 6.37. The third-order valence-electron chi connectivity index (χ3n) is 4.00. The molecule has 0 bridgehead atoms. The van der Waals surface area contributed by atoms with E-state index in [1.807, 2.05) is 24.3 Å². The lowest BCUT2D eigenvalue weighted by atomic mass is 10.1. The normalized spacial score (nSPS) is 11.7. The van der Waals surface area contributed by atoms with Crippen LogP contribution in [0.1, 0.15) is 13.8 Å². The molecule has 0 aliphatic rings. The molecule has 7 heteroatoms. The first-order chi connectivity index (χ1) is 12.0. The van der Waals surface area contributed by atoms with E-state index in [-0.39, 0.29) is 5.56 Å². The maximum Gasteiger partial charge on any atom is 0.262 e.